The molecule has 0 aromatic carbocycles. The SMILES string of the molecule is CO[C@H]1C[C@@H]2CC[C@@H](C)[C@@](O)(O2)C(=O)C(=O)N2CCCC3[C@H]2C(=O)O[C@@H](CC(=O)[C@H](C)/C=C(\C)[C@@H](O)[C@@H](OC)C(=O)[C@H](C)C[C@H](C)/C=C/C=C/C=C/1C)[C@H]3C[C@@H]1CC[C@@H](OC(=O)N2CCC(O)CC2)[C@H](OC)C1. The van der Waals surface area contributed by atoms with Gasteiger partial charge >= 0.3 is 12.1 Å². The van der Waals surface area contributed by atoms with Crippen LogP contribution in [0.5, 0.6) is 0 Å². The quantitative estimate of drug-likeness (QED) is 0.158. The van der Waals surface area contributed by atoms with Gasteiger partial charge in [-0.1, -0.05) is 64.2 Å². The van der Waals surface area contributed by atoms with Crippen molar-refractivity contribution in [2.75, 3.05) is 41.0 Å². The van der Waals surface area contributed by atoms with Gasteiger partial charge in [-0.3, -0.25) is 19.2 Å². The number of ketones is 3. The van der Waals surface area contributed by atoms with Crippen molar-refractivity contribution in [3.8, 4) is 0 Å². The first-order valence-electron chi connectivity index (χ1n) is 26.8. The highest BCUT2D eigenvalue weighted by molar-refractivity contribution is 6.39. The molecule has 6 aliphatic rings. The number of esters is 1. The summed E-state index contributed by atoms with van der Waals surface area (Å²) in [7, 11) is 4.52. The average molecular weight is 1030 g/mol. The Labute approximate surface area is 432 Å². The van der Waals surface area contributed by atoms with Crippen molar-refractivity contribution in [1.29, 1.82) is 0 Å². The molecule has 5 fully saturated rings. The minimum Gasteiger partial charge on any atom is -0.460 e. The highest BCUT2D eigenvalue weighted by Crippen LogP contribution is 2.46. The molecule has 0 spiro atoms. The van der Waals surface area contributed by atoms with E-state index in [9.17, 15) is 44.1 Å². The van der Waals surface area contributed by atoms with Crippen LogP contribution in [0, 0.1) is 41.4 Å². The van der Waals surface area contributed by atoms with Crippen LogP contribution in [0.2, 0.25) is 0 Å². The largest absolute Gasteiger partial charge is 0.460 e. The first-order chi connectivity index (χ1) is 34.7. The lowest BCUT2D eigenvalue weighted by atomic mass is 9.68. The van der Waals surface area contributed by atoms with Crippen LogP contribution in [0.3, 0.4) is 0 Å². The number of rotatable bonds is 6. The van der Waals surface area contributed by atoms with Crippen molar-refractivity contribution >= 4 is 35.3 Å². The molecule has 6 rings (SSSR count). The van der Waals surface area contributed by atoms with Crippen molar-refractivity contribution in [2.45, 2.75) is 186 Å². The maximum Gasteiger partial charge on any atom is 0.410 e. The number of hydrogen-bond donors (Lipinski definition) is 3. The molecule has 4 saturated heterocycles. The second-order valence-corrected chi connectivity index (χ2v) is 22.1. The number of fused-ring (bicyclic) bond motifs is 3. The molecule has 17 nitrogen and oxygen atoms in total. The zero-order valence-corrected chi connectivity index (χ0v) is 44.7. The zero-order chi connectivity index (χ0) is 53.3. The van der Waals surface area contributed by atoms with Crippen LogP contribution in [-0.4, -0.2) is 162 Å². The van der Waals surface area contributed by atoms with E-state index in [2.05, 4.69) is 0 Å². The van der Waals surface area contributed by atoms with E-state index in [4.69, 9.17) is 28.4 Å². The molecule has 16 atom stereocenters. The fourth-order valence-electron chi connectivity index (χ4n) is 12.3. The van der Waals surface area contributed by atoms with E-state index in [1.807, 2.05) is 51.2 Å². The van der Waals surface area contributed by atoms with Gasteiger partial charge in [0.25, 0.3) is 11.7 Å². The van der Waals surface area contributed by atoms with Gasteiger partial charge in [-0.25, -0.2) is 9.59 Å². The summed E-state index contributed by atoms with van der Waals surface area (Å²) >= 11 is 0. The van der Waals surface area contributed by atoms with E-state index < -0.39 is 114 Å². The summed E-state index contributed by atoms with van der Waals surface area (Å²) in [6.07, 6.45) is 10.3. The van der Waals surface area contributed by atoms with E-state index in [0.717, 1.165) is 5.57 Å². The normalized spacial score (nSPS) is 40.8. The van der Waals surface area contributed by atoms with E-state index in [0.29, 0.717) is 95.7 Å². The number of aliphatic hydroxyl groups excluding tert-OH is 2. The van der Waals surface area contributed by atoms with Gasteiger partial charge in [-0.05, 0) is 113 Å². The third-order valence-corrected chi connectivity index (χ3v) is 16.9. The minimum absolute atomic E-state index is 0.00607. The van der Waals surface area contributed by atoms with Gasteiger partial charge in [0, 0.05) is 77.5 Å². The molecule has 0 radical (unpaired) electrons. The first kappa shape index (κ1) is 58.2. The summed E-state index contributed by atoms with van der Waals surface area (Å²) in [5.74, 6) is -8.89. The Morgan fingerprint density at radius 3 is 2.22 bits per heavy atom. The molecular weight excluding hydrogens is 941 g/mol. The minimum atomic E-state index is -2.47. The molecule has 408 valence electrons. The number of piperidine rings is 2. The number of likely N-dealkylation sites (tertiary alicyclic amines) is 1. The summed E-state index contributed by atoms with van der Waals surface area (Å²) in [6.45, 7) is 11.6. The maximum absolute atomic E-state index is 14.6. The van der Waals surface area contributed by atoms with Crippen LogP contribution in [0.15, 0.2) is 47.6 Å². The molecule has 0 aromatic heterocycles. The Hall–Kier alpha value is -4.10. The average Bonchev–Trinajstić information content (AvgIpc) is 3.37. The number of ether oxygens (including phenoxy) is 6. The molecule has 73 heavy (non-hydrogen) atoms. The molecule has 5 aliphatic heterocycles. The fraction of sp³-hybridized carbons (Fsp3) is 0.750. The van der Waals surface area contributed by atoms with Crippen molar-refractivity contribution in [3.05, 3.63) is 47.6 Å². The van der Waals surface area contributed by atoms with E-state index in [1.165, 1.54) is 12.0 Å². The summed E-state index contributed by atoms with van der Waals surface area (Å²) in [5, 5.41) is 33.6. The number of nitrogens with zero attached hydrogens (tertiary/aromatic N) is 2. The Bertz CT molecular complexity index is 2080. The van der Waals surface area contributed by atoms with Gasteiger partial charge in [0.05, 0.1) is 24.4 Å². The number of amides is 2. The van der Waals surface area contributed by atoms with Gasteiger partial charge in [0.2, 0.25) is 5.79 Å². The second-order valence-electron chi connectivity index (χ2n) is 22.1. The standard InChI is InChI=1S/C56H84N2O15/c1-32-14-11-10-12-15-33(2)45(68-7)30-40-19-17-37(6)56(67,73-40)52(63)53(64)58-23-13-16-41-42(28-38-18-20-44(47(29-38)69-8)72-55(66)57-24-21-39(59)22-25-57)46(71-54(65)48(41)58)31-43(60)34(3)27-36(5)50(62)51(70-9)49(61)35(4)26-32/h10-12,14-15,27,32,34-35,37-42,44-48,50-51,59,62,67H,13,16-26,28-31H2,1-9H3/b12-10+,14-11+,33-15+,36-27+/t32-,34-,35-,37-,38+,40+,41?,42+,44-,45+,46+,47-,48+,50-,51+,56-/m1/s1. The number of aliphatic hydroxyl groups is 3. The van der Waals surface area contributed by atoms with Crippen LogP contribution in [0.1, 0.15) is 125 Å². The van der Waals surface area contributed by atoms with Crippen molar-refractivity contribution in [1.82, 2.24) is 9.80 Å². The third kappa shape index (κ3) is 14.0. The summed E-state index contributed by atoms with van der Waals surface area (Å²) in [4.78, 5) is 87.8. The van der Waals surface area contributed by atoms with E-state index >= 15 is 0 Å². The molecule has 1 aliphatic carbocycles. The fourth-order valence-corrected chi connectivity index (χ4v) is 12.3. The monoisotopic (exact) mass is 1020 g/mol. The predicted molar refractivity (Wildman–Crippen MR) is 269 cm³/mol. The van der Waals surface area contributed by atoms with Gasteiger partial charge < -0.3 is 53.5 Å². The molecule has 1 saturated carbocycles. The Balaban J connectivity index is 1.31. The lowest BCUT2D eigenvalue weighted by Crippen LogP contribution is -2.65. The number of allylic oxidation sites excluding steroid dienone is 6. The Morgan fingerprint density at radius 2 is 1.53 bits per heavy atom. The second kappa shape index (κ2) is 26.1. The van der Waals surface area contributed by atoms with Crippen molar-refractivity contribution in [2.24, 2.45) is 41.4 Å². The molecule has 1 unspecified atom stereocenters. The topological polar surface area (TPSA) is 225 Å². The number of hydrogen-bond acceptors (Lipinski definition) is 15. The molecular formula is C56H84N2O15. The molecule has 3 N–H and O–H groups in total. The van der Waals surface area contributed by atoms with E-state index in [-0.39, 0.29) is 36.4 Å². The maximum atomic E-state index is 14.6. The number of Topliss-reactive ketones (excluding diaryl/α,β-unsaturated/α-hetero) is 3. The van der Waals surface area contributed by atoms with Crippen LogP contribution >= 0.6 is 0 Å². The van der Waals surface area contributed by atoms with Gasteiger partial charge in [-0.2, -0.15) is 0 Å². The lowest BCUT2D eigenvalue weighted by Gasteiger charge is -2.50. The molecule has 6 bridgehead atoms. The number of carbonyl (C=O) groups excluding carboxylic acids is 6. The Kier molecular flexibility index (Phi) is 20.8. The predicted octanol–water partition coefficient (Wildman–Crippen LogP) is 6.00. The summed E-state index contributed by atoms with van der Waals surface area (Å²) in [6, 6.07) is -1.17. The molecule has 5 heterocycles. The van der Waals surface area contributed by atoms with Gasteiger partial charge in [0.15, 0.2) is 5.78 Å². The third-order valence-electron chi connectivity index (χ3n) is 16.9. The van der Waals surface area contributed by atoms with Gasteiger partial charge in [0.1, 0.15) is 36.2 Å². The van der Waals surface area contributed by atoms with Crippen LogP contribution in [-0.2, 0) is 52.4 Å². The molecule has 2 amide bonds. The van der Waals surface area contributed by atoms with E-state index in [1.54, 1.807) is 46.0 Å². The van der Waals surface area contributed by atoms with Crippen LogP contribution in [0.25, 0.3) is 0 Å². The summed E-state index contributed by atoms with van der Waals surface area (Å²) < 4.78 is 35.9. The number of carbonyl (C=O) groups is 6. The molecule has 17 heteroatoms. The number of methoxy groups -OCH3 is 3. The van der Waals surface area contributed by atoms with Crippen LogP contribution < -0.4 is 0 Å². The Morgan fingerprint density at radius 1 is 0.808 bits per heavy atom. The highest BCUT2D eigenvalue weighted by atomic mass is 16.6. The van der Waals surface area contributed by atoms with Crippen LogP contribution in [0.4, 0.5) is 4.79 Å². The van der Waals surface area contributed by atoms with Crippen molar-refractivity contribution in [3.63, 3.8) is 0 Å². The smallest absolute Gasteiger partial charge is 0.410 e. The highest BCUT2D eigenvalue weighted by Gasteiger charge is 2.57. The zero-order valence-electron chi connectivity index (χ0n) is 44.7. The molecule has 0 aromatic rings. The lowest BCUT2D eigenvalue weighted by molar-refractivity contribution is -0.266. The van der Waals surface area contributed by atoms with Crippen molar-refractivity contribution < 1.29 is 72.5 Å². The summed E-state index contributed by atoms with van der Waals surface area (Å²) in [5.41, 5.74) is 1.25. The first-order valence-corrected chi connectivity index (χ1v) is 26.8. The van der Waals surface area contributed by atoms with Gasteiger partial charge in [-0.15, -0.1) is 0 Å².